The maximum absolute atomic E-state index is 11.7. The molecule has 0 radical (unpaired) electrons. The molecule has 2 atom stereocenters. The average Bonchev–Trinajstić information content (AvgIpc) is 2.83. The van der Waals surface area contributed by atoms with Crippen LogP contribution in [-0.4, -0.2) is 34.2 Å². The highest BCUT2D eigenvalue weighted by Crippen LogP contribution is 2.25. The monoisotopic (exact) mass is 292 g/mol. The minimum Gasteiger partial charge on any atom is -0.444 e. The zero-order valence-corrected chi connectivity index (χ0v) is 12.9. The third-order valence-electron chi connectivity index (χ3n) is 3.38. The van der Waals surface area contributed by atoms with Gasteiger partial charge in [0.05, 0.1) is 0 Å². The molecule has 1 saturated carbocycles. The molecule has 1 aromatic heterocycles. The van der Waals surface area contributed by atoms with Crippen LogP contribution in [0.15, 0.2) is 18.5 Å². The first kappa shape index (κ1) is 15.5. The zero-order chi connectivity index (χ0) is 15.3. The third kappa shape index (κ3) is 5.57. The summed E-state index contributed by atoms with van der Waals surface area (Å²) in [6.45, 7) is 6.44. The number of alkyl carbamates (subject to hydrolysis) is 1. The molecule has 6 nitrogen and oxygen atoms in total. The van der Waals surface area contributed by atoms with E-state index in [1.807, 2.05) is 20.8 Å². The van der Waals surface area contributed by atoms with E-state index in [-0.39, 0.29) is 12.1 Å². The maximum Gasteiger partial charge on any atom is 0.407 e. The Morgan fingerprint density at radius 2 is 2.05 bits per heavy atom. The molecular weight excluding hydrogens is 268 g/mol. The van der Waals surface area contributed by atoms with Gasteiger partial charge in [0.2, 0.25) is 5.95 Å². The highest BCUT2D eigenvalue weighted by molar-refractivity contribution is 5.68. The molecule has 0 bridgehead atoms. The summed E-state index contributed by atoms with van der Waals surface area (Å²) in [6.07, 6.45) is 6.14. The Morgan fingerprint density at radius 1 is 1.33 bits per heavy atom. The summed E-state index contributed by atoms with van der Waals surface area (Å²) in [5.74, 6) is 1.18. The van der Waals surface area contributed by atoms with Crippen LogP contribution in [0.5, 0.6) is 0 Å². The van der Waals surface area contributed by atoms with E-state index < -0.39 is 5.60 Å². The Kier molecular flexibility index (Phi) is 4.98. The first-order valence-electron chi connectivity index (χ1n) is 7.43. The molecule has 2 N–H and O–H groups in total. The van der Waals surface area contributed by atoms with Gasteiger partial charge in [-0.2, -0.15) is 0 Å². The predicted octanol–water partition coefficient (Wildman–Crippen LogP) is 2.58. The van der Waals surface area contributed by atoms with E-state index in [1.54, 1.807) is 18.5 Å². The minimum atomic E-state index is -0.450. The van der Waals surface area contributed by atoms with Gasteiger partial charge in [-0.05, 0) is 52.0 Å². The lowest BCUT2D eigenvalue weighted by atomic mass is 10.1. The number of nitrogens with one attached hydrogen (secondary N) is 2. The smallest absolute Gasteiger partial charge is 0.407 e. The predicted molar refractivity (Wildman–Crippen MR) is 81.0 cm³/mol. The lowest BCUT2D eigenvalue weighted by molar-refractivity contribution is 0.0505. The fourth-order valence-corrected chi connectivity index (χ4v) is 2.49. The van der Waals surface area contributed by atoms with Crippen molar-refractivity contribution in [1.82, 2.24) is 15.3 Å². The van der Waals surface area contributed by atoms with Crippen LogP contribution in [0, 0.1) is 5.92 Å². The molecule has 1 heterocycles. The number of nitrogens with zero attached hydrogens (tertiary/aromatic N) is 2. The van der Waals surface area contributed by atoms with Crippen LogP contribution in [-0.2, 0) is 4.74 Å². The number of ether oxygens (including phenoxy) is 1. The van der Waals surface area contributed by atoms with Crippen LogP contribution in [0.2, 0.25) is 0 Å². The summed E-state index contributed by atoms with van der Waals surface area (Å²) in [4.78, 5) is 20.0. The van der Waals surface area contributed by atoms with Gasteiger partial charge in [0.25, 0.3) is 0 Å². The van der Waals surface area contributed by atoms with E-state index in [0.29, 0.717) is 11.9 Å². The Hall–Kier alpha value is -1.85. The summed E-state index contributed by atoms with van der Waals surface area (Å²) < 4.78 is 5.28. The largest absolute Gasteiger partial charge is 0.444 e. The second-order valence-corrected chi connectivity index (χ2v) is 6.48. The van der Waals surface area contributed by atoms with Gasteiger partial charge >= 0.3 is 6.09 Å². The van der Waals surface area contributed by atoms with E-state index in [2.05, 4.69) is 20.6 Å². The van der Waals surface area contributed by atoms with E-state index in [1.165, 1.54) is 0 Å². The molecule has 6 heteroatoms. The van der Waals surface area contributed by atoms with Gasteiger partial charge in [0.1, 0.15) is 5.60 Å². The SMILES string of the molecule is CC(C)(C)OC(=O)N[C@@H]1CC[C@H](CNc2ncccn2)C1. The first-order valence-corrected chi connectivity index (χ1v) is 7.43. The molecule has 1 amide bonds. The maximum atomic E-state index is 11.7. The Balaban J connectivity index is 1.70. The molecule has 1 aromatic rings. The third-order valence-corrected chi connectivity index (χ3v) is 3.38. The van der Waals surface area contributed by atoms with Gasteiger partial charge in [-0.25, -0.2) is 14.8 Å². The zero-order valence-electron chi connectivity index (χ0n) is 12.9. The molecule has 0 aliphatic heterocycles. The number of rotatable bonds is 4. The van der Waals surface area contributed by atoms with Crippen molar-refractivity contribution in [2.75, 3.05) is 11.9 Å². The van der Waals surface area contributed by atoms with Crippen LogP contribution in [0.25, 0.3) is 0 Å². The Morgan fingerprint density at radius 3 is 2.71 bits per heavy atom. The van der Waals surface area contributed by atoms with Crippen LogP contribution < -0.4 is 10.6 Å². The van der Waals surface area contributed by atoms with Crippen LogP contribution in [0.3, 0.4) is 0 Å². The van der Waals surface area contributed by atoms with Crippen molar-refractivity contribution < 1.29 is 9.53 Å². The normalized spacial score (nSPS) is 21.9. The first-order chi connectivity index (χ1) is 9.92. The second kappa shape index (κ2) is 6.74. The average molecular weight is 292 g/mol. The molecule has 0 aromatic carbocycles. The second-order valence-electron chi connectivity index (χ2n) is 6.48. The van der Waals surface area contributed by atoms with Crippen LogP contribution in [0.1, 0.15) is 40.0 Å². The molecule has 0 unspecified atom stereocenters. The molecule has 116 valence electrons. The minimum absolute atomic E-state index is 0.198. The van der Waals surface area contributed by atoms with Crippen molar-refractivity contribution in [3.8, 4) is 0 Å². The van der Waals surface area contributed by atoms with Crippen molar-refractivity contribution in [3.63, 3.8) is 0 Å². The van der Waals surface area contributed by atoms with Gasteiger partial charge in [-0.15, -0.1) is 0 Å². The summed E-state index contributed by atoms with van der Waals surface area (Å²) in [6, 6.07) is 1.99. The molecular formula is C15H24N4O2. The van der Waals surface area contributed by atoms with Crippen LogP contribution >= 0.6 is 0 Å². The molecule has 2 rings (SSSR count). The summed E-state index contributed by atoms with van der Waals surface area (Å²) >= 11 is 0. The lowest BCUT2D eigenvalue weighted by Gasteiger charge is -2.21. The number of anilines is 1. The highest BCUT2D eigenvalue weighted by Gasteiger charge is 2.27. The van der Waals surface area contributed by atoms with Crippen molar-refractivity contribution in [1.29, 1.82) is 0 Å². The van der Waals surface area contributed by atoms with Gasteiger partial charge in [-0.3, -0.25) is 0 Å². The van der Waals surface area contributed by atoms with Crippen molar-refractivity contribution in [3.05, 3.63) is 18.5 Å². The number of hydrogen-bond acceptors (Lipinski definition) is 5. The summed E-state index contributed by atoms with van der Waals surface area (Å²) in [5, 5.41) is 6.18. The number of hydrogen-bond donors (Lipinski definition) is 2. The molecule has 1 fully saturated rings. The number of carbonyl (C=O) groups excluding carboxylic acids is 1. The number of aromatic nitrogens is 2. The fraction of sp³-hybridized carbons (Fsp3) is 0.667. The van der Waals surface area contributed by atoms with E-state index in [4.69, 9.17) is 4.74 Å². The fourth-order valence-electron chi connectivity index (χ4n) is 2.49. The molecule has 0 spiro atoms. The molecule has 1 aliphatic carbocycles. The number of amides is 1. The Labute approximate surface area is 125 Å². The standard InChI is InChI=1S/C15H24N4O2/c1-15(2,3)21-14(20)19-12-6-5-11(9-12)10-18-13-16-7-4-8-17-13/h4,7-8,11-12H,5-6,9-10H2,1-3H3,(H,19,20)(H,16,17,18)/t11-,12+/m0/s1. The van der Waals surface area contributed by atoms with Crippen LogP contribution in [0.4, 0.5) is 10.7 Å². The quantitative estimate of drug-likeness (QED) is 0.892. The van der Waals surface area contributed by atoms with Gasteiger partial charge < -0.3 is 15.4 Å². The van der Waals surface area contributed by atoms with Crippen molar-refractivity contribution in [2.24, 2.45) is 5.92 Å². The topological polar surface area (TPSA) is 76.1 Å². The van der Waals surface area contributed by atoms with Gasteiger partial charge in [0.15, 0.2) is 0 Å². The molecule has 1 aliphatic rings. The van der Waals surface area contributed by atoms with Crippen molar-refractivity contribution >= 4 is 12.0 Å². The van der Waals surface area contributed by atoms with E-state index in [9.17, 15) is 4.79 Å². The highest BCUT2D eigenvalue weighted by atomic mass is 16.6. The van der Waals surface area contributed by atoms with Crippen molar-refractivity contribution in [2.45, 2.75) is 51.7 Å². The lowest BCUT2D eigenvalue weighted by Crippen LogP contribution is -2.38. The molecule has 0 saturated heterocycles. The van der Waals surface area contributed by atoms with E-state index >= 15 is 0 Å². The van der Waals surface area contributed by atoms with E-state index in [0.717, 1.165) is 25.8 Å². The van der Waals surface area contributed by atoms with Gasteiger partial charge in [-0.1, -0.05) is 0 Å². The Bertz CT molecular complexity index is 458. The van der Waals surface area contributed by atoms with Gasteiger partial charge in [0, 0.05) is 25.0 Å². The number of carbonyl (C=O) groups is 1. The summed E-state index contributed by atoms with van der Waals surface area (Å²) in [5.41, 5.74) is -0.450. The summed E-state index contributed by atoms with van der Waals surface area (Å²) in [7, 11) is 0. The molecule has 21 heavy (non-hydrogen) atoms.